The van der Waals surface area contributed by atoms with Crippen LogP contribution in [0.5, 0.6) is 0 Å². The maximum Gasteiger partial charge on any atom is 0.101 e. The lowest BCUT2D eigenvalue weighted by Gasteiger charge is -1.94. The third kappa shape index (κ3) is 4.20. The number of aliphatic imine (C=N–C) groups is 2. The van der Waals surface area contributed by atoms with E-state index in [1.54, 1.807) is 12.4 Å². The van der Waals surface area contributed by atoms with Gasteiger partial charge in [0.25, 0.3) is 0 Å². The van der Waals surface area contributed by atoms with E-state index in [-0.39, 0.29) is 0 Å². The Balaban J connectivity index is 2.22. The Morgan fingerprint density at radius 2 is 1.95 bits per heavy atom. The molecule has 0 aliphatic heterocycles. The van der Waals surface area contributed by atoms with Crippen LogP contribution in [-0.4, -0.2) is 11.0 Å². The first-order valence-corrected chi connectivity index (χ1v) is 6.54. The van der Waals surface area contributed by atoms with Crippen LogP contribution >= 0.6 is 0 Å². The molecule has 3 heteroatoms. The highest BCUT2D eigenvalue weighted by molar-refractivity contribution is 5.62. The van der Waals surface area contributed by atoms with E-state index in [9.17, 15) is 0 Å². The zero-order valence-corrected chi connectivity index (χ0v) is 11.4. The van der Waals surface area contributed by atoms with Gasteiger partial charge in [-0.2, -0.15) is 9.98 Å². The van der Waals surface area contributed by atoms with Gasteiger partial charge in [0, 0.05) is 18.8 Å². The van der Waals surface area contributed by atoms with Crippen molar-refractivity contribution >= 4 is 17.4 Å². The van der Waals surface area contributed by atoms with Crippen LogP contribution in [-0.2, 0) is 0 Å². The summed E-state index contributed by atoms with van der Waals surface area (Å²) in [5.74, 6) is 6.17. The van der Waals surface area contributed by atoms with E-state index in [1.807, 2.05) is 36.4 Å². The number of benzene rings is 1. The summed E-state index contributed by atoms with van der Waals surface area (Å²) in [5, 5.41) is 0. The molecule has 0 saturated heterocycles. The normalized spacial score (nSPS) is 9.05. The van der Waals surface area contributed by atoms with Crippen molar-refractivity contribution in [1.82, 2.24) is 4.98 Å². The lowest BCUT2D eigenvalue weighted by atomic mass is 10.2. The highest BCUT2D eigenvalue weighted by Crippen LogP contribution is 2.16. The number of pyridine rings is 1. The van der Waals surface area contributed by atoms with Gasteiger partial charge in [0.2, 0.25) is 0 Å². The van der Waals surface area contributed by atoms with E-state index in [4.69, 9.17) is 0 Å². The second-order valence-electron chi connectivity index (χ2n) is 4.10. The Morgan fingerprint density at radius 3 is 2.75 bits per heavy atom. The van der Waals surface area contributed by atoms with Gasteiger partial charge in [-0.1, -0.05) is 37.0 Å². The minimum atomic E-state index is 0.739. The smallest absolute Gasteiger partial charge is 0.101 e. The number of aromatic nitrogens is 1. The number of nitrogens with zero attached hydrogens (tertiary/aromatic N) is 3. The Morgan fingerprint density at radius 1 is 1.10 bits per heavy atom. The molecule has 0 aliphatic carbocycles. The zero-order chi connectivity index (χ0) is 14.0. The van der Waals surface area contributed by atoms with Crippen molar-refractivity contribution < 1.29 is 0 Å². The van der Waals surface area contributed by atoms with Crippen molar-refractivity contribution in [3.8, 4) is 11.8 Å². The second-order valence-corrected chi connectivity index (χ2v) is 4.10. The molecule has 0 saturated carbocycles. The third-order valence-corrected chi connectivity index (χ3v) is 2.50. The van der Waals surface area contributed by atoms with Gasteiger partial charge in [-0.25, -0.2) is 0 Å². The second kappa shape index (κ2) is 7.68. The first kappa shape index (κ1) is 13.7. The molecule has 3 nitrogen and oxygen atoms in total. The lowest BCUT2D eigenvalue weighted by molar-refractivity contribution is 0.983. The van der Waals surface area contributed by atoms with Crippen molar-refractivity contribution in [3.63, 3.8) is 0 Å². The van der Waals surface area contributed by atoms with Crippen LogP contribution in [0.3, 0.4) is 0 Å². The highest BCUT2D eigenvalue weighted by Gasteiger charge is 1.95. The van der Waals surface area contributed by atoms with Crippen LogP contribution in [0.4, 0.5) is 11.4 Å². The summed E-state index contributed by atoms with van der Waals surface area (Å²) < 4.78 is 0. The molecule has 0 amide bonds. The standard InChI is InChI=1S/C17H15N3/c1-2-3-5-8-15-13-18-12-11-17(15)20-14-19-16-9-6-4-7-10-16/h4,6-7,9-13H,2-3H2,1H3. The fourth-order valence-electron chi connectivity index (χ4n) is 1.50. The number of hydrogen-bond acceptors (Lipinski definition) is 3. The van der Waals surface area contributed by atoms with E-state index < -0.39 is 0 Å². The summed E-state index contributed by atoms with van der Waals surface area (Å²) >= 11 is 0. The van der Waals surface area contributed by atoms with Crippen LogP contribution in [0.1, 0.15) is 25.3 Å². The summed E-state index contributed by atoms with van der Waals surface area (Å²) in [6.07, 6.45) is 5.32. The number of hydrogen-bond donors (Lipinski definition) is 0. The molecule has 98 valence electrons. The van der Waals surface area contributed by atoms with Crippen LogP contribution in [0.2, 0.25) is 0 Å². The quantitative estimate of drug-likeness (QED) is 0.597. The molecular weight excluding hydrogens is 246 g/mol. The minimum Gasteiger partial charge on any atom is -0.263 e. The first-order chi connectivity index (χ1) is 9.90. The predicted molar refractivity (Wildman–Crippen MR) is 81.6 cm³/mol. The molecule has 0 N–H and O–H groups in total. The zero-order valence-electron chi connectivity index (χ0n) is 11.4. The van der Waals surface area contributed by atoms with Crippen molar-refractivity contribution in [2.45, 2.75) is 19.8 Å². The Bertz CT molecular complexity index is 672. The average molecular weight is 261 g/mol. The SMILES string of the molecule is CCCC#Cc1cnccc1N=C=Nc1ccccc1. The molecule has 20 heavy (non-hydrogen) atoms. The molecule has 0 spiro atoms. The molecule has 0 atom stereocenters. The third-order valence-electron chi connectivity index (χ3n) is 2.50. The van der Waals surface area contributed by atoms with Crippen molar-refractivity contribution in [1.29, 1.82) is 0 Å². The van der Waals surface area contributed by atoms with Gasteiger partial charge in [0.05, 0.1) is 16.9 Å². The molecule has 1 heterocycles. The summed E-state index contributed by atoms with van der Waals surface area (Å²) in [6, 6.07) is 14.1. The highest BCUT2D eigenvalue weighted by atomic mass is 14.8. The van der Waals surface area contributed by atoms with Crippen molar-refractivity contribution in [2.75, 3.05) is 0 Å². The number of para-hydroxylation sites is 1. The van der Waals surface area contributed by atoms with Gasteiger partial charge in [-0.05, 0) is 24.6 Å². The number of unbranched alkanes of at least 4 members (excludes halogenated alkanes) is 1. The average Bonchev–Trinajstić information content (AvgIpc) is 2.50. The summed E-state index contributed by atoms with van der Waals surface area (Å²) in [7, 11) is 0. The van der Waals surface area contributed by atoms with Gasteiger partial charge in [0.15, 0.2) is 0 Å². The fourth-order valence-corrected chi connectivity index (χ4v) is 1.50. The maximum atomic E-state index is 4.22. The molecule has 2 rings (SSSR count). The minimum absolute atomic E-state index is 0.739. The number of rotatable bonds is 3. The van der Waals surface area contributed by atoms with E-state index in [0.717, 1.165) is 29.8 Å². The molecule has 0 fully saturated rings. The monoisotopic (exact) mass is 261 g/mol. The van der Waals surface area contributed by atoms with Crippen LogP contribution in [0.15, 0.2) is 58.8 Å². The van der Waals surface area contributed by atoms with Crippen LogP contribution in [0, 0.1) is 11.8 Å². The molecule has 2 aromatic rings. The van der Waals surface area contributed by atoms with Crippen molar-refractivity contribution in [2.24, 2.45) is 9.98 Å². The van der Waals surface area contributed by atoms with Gasteiger partial charge in [-0.15, -0.1) is 0 Å². The fraction of sp³-hybridized carbons (Fsp3) is 0.176. The molecule has 0 bridgehead atoms. The van der Waals surface area contributed by atoms with Crippen LogP contribution in [0.25, 0.3) is 0 Å². The topological polar surface area (TPSA) is 37.6 Å². The summed E-state index contributed by atoms with van der Waals surface area (Å²) in [5.41, 5.74) is 2.36. The summed E-state index contributed by atoms with van der Waals surface area (Å²) in [6.45, 7) is 2.10. The van der Waals surface area contributed by atoms with E-state index in [1.165, 1.54) is 0 Å². The Labute approximate surface area is 119 Å². The Hall–Kier alpha value is -2.69. The van der Waals surface area contributed by atoms with E-state index in [0.29, 0.717) is 0 Å². The molecule has 0 aliphatic rings. The molecule has 0 radical (unpaired) electrons. The van der Waals surface area contributed by atoms with Crippen LogP contribution < -0.4 is 0 Å². The van der Waals surface area contributed by atoms with E-state index in [2.05, 4.69) is 39.7 Å². The lowest BCUT2D eigenvalue weighted by Crippen LogP contribution is -1.79. The van der Waals surface area contributed by atoms with Gasteiger partial charge in [-0.3, -0.25) is 4.98 Å². The van der Waals surface area contributed by atoms with Gasteiger partial charge < -0.3 is 0 Å². The van der Waals surface area contributed by atoms with Crippen molar-refractivity contribution in [3.05, 3.63) is 54.4 Å². The first-order valence-electron chi connectivity index (χ1n) is 6.54. The molecular formula is C17H15N3. The maximum absolute atomic E-state index is 4.22. The molecule has 1 aromatic heterocycles. The largest absolute Gasteiger partial charge is 0.263 e. The molecule has 0 unspecified atom stereocenters. The van der Waals surface area contributed by atoms with Gasteiger partial charge >= 0.3 is 0 Å². The van der Waals surface area contributed by atoms with Gasteiger partial charge in [0.1, 0.15) is 6.01 Å². The Kier molecular flexibility index (Phi) is 5.27. The molecule has 1 aromatic carbocycles. The van der Waals surface area contributed by atoms with E-state index >= 15 is 0 Å². The predicted octanol–water partition coefficient (Wildman–Crippen LogP) is 4.37. The summed E-state index contributed by atoms with van der Waals surface area (Å²) in [4.78, 5) is 12.4.